The Morgan fingerprint density at radius 1 is 1.14 bits per heavy atom. The molecule has 2 rings (SSSR count). The maximum atomic E-state index is 12.2. The monoisotopic (exact) mass is 290 g/mol. The summed E-state index contributed by atoms with van der Waals surface area (Å²) in [6.07, 6.45) is 3.81. The molecule has 1 aliphatic carbocycles. The summed E-state index contributed by atoms with van der Waals surface area (Å²) in [5.74, 6) is 0.0242. The van der Waals surface area contributed by atoms with E-state index in [9.17, 15) is 9.90 Å². The zero-order valence-corrected chi connectivity index (χ0v) is 13.3. The SMILES string of the molecule is CN(Cc1ccc(N(C)C)cc1)C(=O)CC1(O)CCCC1. The molecule has 116 valence electrons. The second-order valence-corrected chi connectivity index (χ2v) is 6.42. The van der Waals surface area contributed by atoms with Crippen molar-refractivity contribution in [1.82, 2.24) is 4.90 Å². The molecule has 0 spiro atoms. The minimum Gasteiger partial charge on any atom is -0.389 e. The number of hydrogen-bond donors (Lipinski definition) is 1. The Balaban J connectivity index is 1.91. The third-order valence-corrected chi connectivity index (χ3v) is 4.31. The Bertz CT molecular complexity index is 476. The highest BCUT2D eigenvalue weighted by molar-refractivity contribution is 5.77. The van der Waals surface area contributed by atoms with Crippen LogP contribution in [0.1, 0.15) is 37.7 Å². The highest BCUT2D eigenvalue weighted by atomic mass is 16.3. The first-order chi connectivity index (χ1) is 9.89. The number of carbonyl (C=O) groups excluding carboxylic acids is 1. The Morgan fingerprint density at radius 3 is 2.24 bits per heavy atom. The fourth-order valence-electron chi connectivity index (χ4n) is 2.89. The van der Waals surface area contributed by atoms with Gasteiger partial charge in [-0.2, -0.15) is 0 Å². The van der Waals surface area contributed by atoms with Crippen molar-refractivity contribution in [3.8, 4) is 0 Å². The van der Waals surface area contributed by atoms with E-state index >= 15 is 0 Å². The van der Waals surface area contributed by atoms with Crippen LogP contribution in [0.2, 0.25) is 0 Å². The van der Waals surface area contributed by atoms with Gasteiger partial charge < -0.3 is 14.9 Å². The lowest BCUT2D eigenvalue weighted by Crippen LogP contribution is -2.35. The van der Waals surface area contributed by atoms with E-state index in [1.54, 1.807) is 11.9 Å². The van der Waals surface area contributed by atoms with Crippen LogP contribution in [0.15, 0.2) is 24.3 Å². The number of anilines is 1. The van der Waals surface area contributed by atoms with Crippen molar-refractivity contribution in [2.24, 2.45) is 0 Å². The van der Waals surface area contributed by atoms with Gasteiger partial charge in [-0.25, -0.2) is 0 Å². The minimum atomic E-state index is -0.764. The summed E-state index contributed by atoms with van der Waals surface area (Å²) < 4.78 is 0. The molecule has 0 aromatic heterocycles. The van der Waals surface area contributed by atoms with Crippen LogP contribution < -0.4 is 4.90 Å². The van der Waals surface area contributed by atoms with Crippen LogP contribution in [-0.2, 0) is 11.3 Å². The molecule has 0 heterocycles. The van der Waals surface area contributed by atoms with E-state index in [1.807, 2.05) is 31.1 Å². The molecule has 1 N–H and O–H groups in total. The number of aliphatic hydroxyl groups is 1. The number of nitrogens with zero attached hydrogens (tertiary/aromatic N) is 2. The predicted octanol–water partition coefficient (Wildman–Crippen LogP) is 2.41. The molecule has 0 unspecified atom stereocenters. The number of rotatable bonds is 5. The molecule has 1 aromatic rings. The first kappa shape index (κ1) is 15.8. The number of benzene rings is 1. The topological polar surface area (TPSA) is 43.8 Å². The highest BCUT2D eigenvalue weighted by Crippen LogP contribution is 2.32. The van der Waals surface area contributed by atoms with Crippen LogP contribution >= 0.6 is 0 Å². The van der Waals surface area contributed by atoms with Crippen LogP contribution in [0.4, 0.5) is 5.69 Å². The summed E-state index contributed by atoms with van der Waals surface area (Å²) in [5, 5.41) is 10.3. The molecule has 1 saturated carbocycles. The molecule has 4 heteroatoms. The third-order valence-electron chi connectivity index (χ3n) is 4.31. The second kappa shape index (κ2) is 6.48. The van der Waals surface area contributed by atoms with Gasteiger partial charge in [0.25, 0.3) is 0 Å². The zero-order chi connectivity index (χ0) is 15.5. The molecule has 0 atom stereocenters. The molecule has 1 aliphatic rings. The lowest BCUT2D eigenvalue weighted by molar-refractivity contribution is -0.135. The van der Waals surface area contributed by atoms with E-state index in [1.165, 1.54) is 0 Å². The Labute approximate surface area is 127 Å². The molecular formula is C17H26N2O2. The van der Waals surface area contributed by atoms with Gasteiger partial charge >= 0.3 is 0 Å². The molecule has 21 heavy (non-hydrogen) atoms. The van der Waals surface area contributed by atoms with Gasteiger partial charge in [0, 0.05) is 33.4 Å². The van der Waals surface area contributed by atoms with Gasteiger partial charge in [-0.3, -0.25) is 4.79 Å². The van der Waals surface area contributed by atoms with E-state index in [0.29, 0.717) is 6.54 Å². The van der Waals surface area contributed by atoms with Crippen LogP contribution in [0.5, 0.6) is 0 Å². The largest absolute Gasteiger partial charge is 0.389 e. The first-order valence-electron chi connectivity index (χ1n) is 7.62. The van der Waals surface area contributed by atoms with Gasteiger partial charge in [-0.15, -0.1) is 0 Å². The van der Waals surface area contributed by atoms with Crippen molar-refractivity contribution in [2.45, 2.75) is 44.2 Å². The van der Waals surface area contributed by atoms with Gasteiger partial charge in [0.05, 0.1) is 12.0 Å². The number of amides is 1. The van der Waals surface area contributed by atoms with Gasteiger partial charge in [0.1, 0.15) is 0 Å². The molecule has 0 radical (unpaired) electrons. The van der Waals surface area contributed by atoms with Gasteiger partial charge in [0.2, 0.25) is 5.91 Å². The van der Waals surface area contributed by atoms with Crippen molar-refractivity contribution >= 4 is 11.6 Å². The van der Waals surface area contributed by atoms with Crippen LogP contribution in [0.3, 0.4) is 0 Å². The standard InChI is InChI=1S/C17H26N2O2/c1-18(2)15-8-6-14(7-9-15)13-19(3)16(20)12-17(21)10-4-5-11-17/h6-9,21H,4-5,10-13H2,1-3H3. The number of carbonyl (C=O) groups is 1. The second-order valence-electron chi connectivity index (χ2n) is 6.42. The molecule has 0 saturated heterocycles. The average molecular weight is 290 g/mol. The van der Waals surface area contributed by atoms with Gasteiger partial charge in [-0.05, 0) is 30.5 Å². The summed E-state index contributed by atoms with van der Waals surface area (Å²) in [5.41, 5.74) is 1.49. The Morgan fingerprint density at radius 2 is 1.71 bits per heavy atom. The minimum absolute atomic E-state index is 0.0242. The van der Waals surface area contributed by atoms with Crippen molar-refractivity contribution in [3.05, 3.63) is 29.8 Å². The third kappa shape index (κ3) is 4.21. The summed E-state index contributed by atoms with van der Waals surface area (Å²) in [7, 11) is 5.82. The summed E-state index contributed by atoms with van der Waals surface area (Å²) >= 11 is 0. The molecule has 1 fully saturated rings. The van der Waals surface area contributed by atoms with Crippen molar-refractivity contribution in [2.75, 3.05) is 26.0 Å². The molecular weight excluding hydrogens is 264 g/mol. The van der Waals surface area contributed by atoms with E-state index in [-0.39, 0.29) is 12.3 Å². The van der Waals surface area contributed by atoms with Crippen LogP contribution in [0, 0.1) is 0 Å². The van der Waals surface area contributed by atoms with E-state index in [0.717, 1.165) is 36.9 Å². The fraction of sp³-hybridized carbons (Fsp3) is 0.588. The summed E-state index contributed by atoms with van der Waals surface area (Å²) in [6, 6.07) is 8.20. The Kier molecular flexibility index (Phi) is 4.88. The van der Waals surface area contributed by atoms with Crippen LogP contribution in [-0.4, -0.2) is 42.7 Å². The Hall–Kier alpha value is -1.55. The predicted molar refractivity (Wildman–Crippen MR) is 85.3 cm³/mol. The van der Waals surface area contributed by atoms with Gasteiger partial charge in [0.15, 0.2) is 0 Å². The lowest BCUT2D eigenvalue weighted by atomic mass is 9.97. The quantitative estimate of drug-likeness (QED) is 0.905. The zero-order valence-electron chi connectivity index (χ0n) is 13.3. The molecule has 4 nitrogen and oxygen atoms in total. The van der Waals surface area contributed by atoms with E-state index in [2.05, 4.69) is 12.1 Å². The maximum Gasteiger partial charge on any atom is 0.225 e. The van der Waals surface area contributed by atoms with Crippen LogP contribution in [0.25, 0.3) is 0 Å². The molecule has 0 bridgehead atoms. The van der Waals surface area contributed by atoms with E-state index in [4.69, 9.17) is 0 Å². The highest BCUT2D eigenvalue weighted by Gasteiger charge is 2.34. The van der Waals surface area contributed by atoms with E-state index < -0.39 is 5.60 Å². The molecule has 1 aromatic carbocycles. The van der Waals surface area contributed by atoms with Crippen molar-refractivity contribution in [3.63, 3.8) is 0 Å². The normalized spacial score (nSPS) is 16.8. The van der Waals surface area contributed by atoms with Gasteiger partial charge in [-0.1, -0.05) is 25.0 Å². The van der Waals surface area contributed by atoms with Crippen molar-refractivity contribution < 1.29 is 9.90 Å². The smallest absolute Gasteiger partial charge is 0.225 e. The maximum absolute atomic E-state index is 12.2. The fourth-order valence-corrected chi connectivity index (χ4v) is 2.89. The first-order valence-corrected chi connectivity index (χ1v) is 7.62. The van der Waals surface area contributed by atoms with Crippen molar-refractivity contribution in [1.29, 1.82) is 0 Å². The summed E-state index contributed by atoms with van der Waals surface area (Å²) in [4.78, 5) is 16.0. The lowest BCUT2D eigenvalue weighted by Gasteiger charge is -2.25. The number of hydrogen-bond acceptors (Lipinski definition) is 3. The summed E-state index contributed by atoms with van der Waals surface area (Å²) in [6.45, 7) is 0.586. The molecule has 1 amide bonds. The molecule has 0 aliphatic heterocycles. The average Bonchev–Trinajstić information content (AvgIpc) is 2.85.